The first-order chi connectivity index (χ1) is 8.15. The van der Waals surface area contributed by atoms with Gasteiger partial charge < -0.3 is 15.4 Å². The maximum Gasteiger partial charge on any atom is 0.133 e. The molecule has 0 aromatic carbocycles. The molecular formula is C12H18ClN3O. The van der Waals surface area contributed by atoms with Crippen LogP contribution in [0.5, 0.6) is 0 Å². The summed E-state index contributed by atoms with van der Waals surface area (Å²) in [6.45, 7) is 2.65. The fraction of sp³-hybridized carbons (Fsp3) is 0.583. The fourth-order valence-electron chi connectivity index (χ4n) is 2.13. The summed E-state index contributed by atoms with van der Waals surface area (Å²) >= 11 is 5.89. The van der Waals surface area contributed by atoms with E-state index in [0.717, 1.165) is 32.0 Å². The Labute approximate surface area is 107 Å². The Morgan fingerprint density at radius 1 is 1.59 bits per heavy atom. The molecule has 1 atom stereocenters. The second-order valence-electron chi connectivity index (χ2n) is 4.55. The Morgan fingerprint density at radius 2 is 2.41 bits per heavy atom. The van der Waals surface area contributed by atoms with E-state index in [1.807, 2.05) is 13.1 Å². The van der Waals surface area contributed by atoms with Gasteiger partial charge in [-0.3, -0.25) is 0 Å². The first kappa shape index (κ1) is 12.5. The minimum absolute atomic E-state index is 0.437. The summed E-state index contributed by atoms with van der Waals surface area (Å²) in [5.74, 6) is 1.39. The largest absolute Gasteiger partial charge is 0.399 e. The smallest absolute Gasteiger partial charge is 0.133 e. The molecule has 94 valence electrons. The highest BCUT2D eigenvalue weighted by Gasteiger charge is 2.17. The van der Waals surface area contributed by atoms with E-state index in [0.29, 0.717) is 16.8 Å². The van der Waals surface area contributed by atoms with Crippen molar-refractivity contribution in [3.05, 3.63) is 17.3 Å². The van der Waals surface area contributed by atoms with Crippen molar-refractivity contribution >= 4 is 23.1 Å². The number of anilines is 2. The molecule has 0 bridgehead atoms. The van der Waals surface area contributed by atoms with E-state index < -0.39 is 0 Å². The van der Waals surface area contributed by atoms with Crippen molar-refractivity contribution in [2.24, 2.45) is 5.92 Å². The van der Waals surface area contributed by atoms with Gasteiger partial charge in [0.05, 0.1) is 6.61 Å². The molecule has 1 aromatic heterocycles. The number of nitrogens with two attached hydrogens (primary N) is 1. The van der Waals surface area contributed by atoms with Gasteiger partial charge >= 0.3 is 0 Å². The summed E-state index contributed by atoms with van der Waals surface area (Å²) in [6.07, 6.45) is 2.35. The highest BCUT2D eigenvalue weighted by Crippen LogP contribution is 2.21. The van der Waals surface area contributed by atoms with Gasteiger partial charge in [0.2, 0.25) is 0 Å². The van der Waals surface area contributed by atoms with E-state index in [9.17, 15) is 0 Å². The van der Waals surface area contributed by atoms with E-state index in [2.05, 4.69) is 9.88 Å². The highest BCUT2D eigenvalue weighted by molar-refractivity contribution is 6.29. The van der Waals surface area contributed by atoms with Crippen molar-refractivity contribution in [3.63, 3.8) is 0 Å². The van der Waals surface area contributed by atoms with Crippen molar-refractivity contribution in [3.8, 4) is 0 Å². The lowest BCUT2D eigenvalue weighted by Gasteiger charge is -2.27. The van der Waals surface area contributed by atoms with Crippen LogP contribution in [0.4, 0.5) is 11.5 Å². The van der Waals surface area contributed by atoms with Crippen LogP contribution < -0.4 is 10.6 Å². The Morgan fingerprint density at radius 3 is 3.06 bits per heavy atom. The third kappa shape index (κ3) is 3.48. The van der Waals surface area contributed by atoms with Gasteiger partial charge in [0.15, 0.2) is 0 Å². The third-order valence-corrected chi connectivity index (χ3v) is 3.17. The molecule has 5 heteroatoms. The van der Waals surface area contributed by atoms with Gasteiger partial charge in [-0.25, -0.2) is 4.98 Å². The van der Waals surface area contributed by atoms with Gasteiger partial charge in [-0.15, -0.1) is 0 Å². The molecule has 0 amide bonds. The molecule has 0 aliphatic carbocycles. The van der Waals surface area contributed by atoms with Crippen LogP contribution >= 0.6 is 11.6 Å². The summed E-state index contributed by atoms with van der Waals surface area (Å²) in [6, 6.07) is 3.50. The van der Waals surface area contributed by atoms with Crippen LogP contribution in [0.25, 0.3) is 0 Å². The monoisotopic (exact) mass is 255 g/mol. The van der Waals surface area contributed by atoms with Crippen LogP contribution in [0.2, 0.25) is 5.15 Å². The van der Waals surface area contributed by atoms with Crippen molar-refractivity contribution < 1.29 is 4.74 Å². The quantitative estimate of drug-likeness (QED) is 0.842. The van der Waals surface area contributed by atoms with Gasteiger partial charge in [0, 0.05) is 32.0 Å². The normalized spacial score (nSPS) is 20.2. The summed E-state index contributed by atoms with van der Waals surface area (Å²) in [7, 11) is 2.01. The lowest BCUT2D eigenvalue weighted by Crippen LogP contribution is -2.31. The summed E-state index contributed by atoms with van der Waals surface area (Å²) in [4.78, 5) is 6.35. The minimum atomic E-state index is 0.437. The van der Waals surface area contributed by atoms with Gasteiger partial charge in [-0.2, -0.15) is 0 Å². The van der Waals surface area contributed by atoms with Gasteiger partial charge in [0.25, 0.3) is 0 Å². The van der Waals surface area contributed by atoms with E-state index in [4.69, 9.17) is 22.1 Å². The van der Waals surface area contributed by atoms with Crippen LogP contribution in [0.15, 0.2) is 12.1 Å². The lowest BCUT2D eigenvalue weighted by atomic mass is 10.0. The minimum Gasteiger partial charge on any atom is -0.399 e. The zero-order valence-corrected chi connectivity index (χ0v) is 10.8. The van der Waals surface area contributed by atoms with E-state index >= 15 is 0 Å². The molecule has 2 heterocycles. The zero-order chi connectivity index (χ0) is 12.3. The number of ether oxygens (including phenoxy) is 1. The average Bonchev–Trinajstić information content (AvgIpc) is 2.29. The van der Waals surface area contributed by atoms with E-state index in [-0.39, 0.29) is 0 Å². The molecule has 0 radical (unpaired) electrons. The van der Waals surface area contributed by atoms with Crippen molar-refractivity contribution in [1.82, 2.24) is 4.98 Å². The Bertz CT molecular complexity index is 360. The number of hydrogen-bond acceptors (Lipinski definition) is 4. The lowest BCUT2D eigenvalue weighted by molar-refractivity contribution is 0.0576. The van der Waals surface area contributed by atoms with Crippen LogP contribution in [0.3, 0.4) is 0 Å². The highest BCUT2D eigenvalue weighted by atomic mass is 35.5. The maximum atomic E-state index is 5.89. The Kier molecular flexibility index (Phi) is 4.07. The van der Waals surface area contributed by atoms with Crippen LogP contribution in [0, 0.1) is 5.92 Å². The van der Waals surface area contributed by atoms with Crippen molar-refractivity contribution in [2.75, 3.05) is 37.4 Å². The fourth-order valence-corrected chi connectivity index (χ4v) is 2.34. The predicted octanol–water partition coefficient (Wildman–Crippen LogP) is 2.18. The number of halogens is 1. The summed E-state index contributed by atoms with van der Waals surface area (Å²) < 4.78 is 5.47. The van der Waals surface area contributed by atoms with E-state index in [1.165, 1.54) is 6.42 Å². The molecule has 1 unspecified atom stereocenters. The van der Waals surface area contributed by atoms with Gasteiger partial charge in [-0.05, 0) is 24.8 Å². The molecule has 1 saturated heterocycles. The number of pyridine rings is 1. The molecule has 0 saturated carbocycles. The SMILES string of the molecule is CN(CC1CCCOC1)c1cc(N)cc(Cl)n1. The zero-order valence-electron chi connectivity index (χ0n) is 10.0. The van der Waals surface area contributed by atoms with Gasteiger partial charge in [0.1, 0.15) is 11.0 Å². The topological polar surface area (TPSA) is 51.4 Å². The van der Waals surface area contributed by atoms with Crippen molar-refractivity contribution in [1.29, 1.82) is 0 Å². The first-order valence-corrected chi connectivity index (χ1v) is 6.25. The molecule has 2 N–H and O–H groups in total. The second-order valence-corrected chi connectivity index (χ2v) is 4.93. The molecule has 17 heavy (non-hydrogen) atoms. The molecular weight excluding hydrogens is 238 g/mol. The van der Waals surface area contributed by atoms with E-state index in [1.54, 1.807) is 6.07 Å². The molecule has 0 spiro atoms. The van der Waals surface area contributed by atoms with Crippen LogP contribution in [0.1, 0.15) is 12.8 Å². The Hall–Kier alpha value is -1.00. The summed E-state index contributed by atoms with van der Waals surface area (Å²) in [5, 5.41) is 0.437. The summed E-state index contributed by atoms with van der Waals surface area (Å²) in [5.41, 5.74) is 6.40. The van der Waals surface area contributed by atoms with Crippen LogP contribution in [-0.4, -0.2) is 31.8 Å². The molecule has 1 aliphatic rings. The van der Waals surface area contributed by atoms with Crippen molar-refractivity contribution in [2.45, 2.75) is 12.8 Å². The second kappa shape index (κ2) is 5.56. The third-order valence-electron chi connectivity index (χ3n) is 2.98. The predicted molar refractivity (Wildman–Crippen MR) is 70.5 cm³/mol. The number of rotatable bonds is 3. The Balaban J connectivity index is 2.00. The number of nitrogen functional groups attached to an aromatic ring is 1. The van der Waals surface area contributed by atoms with Crippen LogP contribution in [-0.2, 0) is 4.74 Å². The molecule has 1 aliphatic heterocycles. The molecule has 1 aromatic rings. The average molecular weight is 256 g/mol. The number of nitrogens with zero attached hydrogens (tertiary/aromatic N) is 2. The first-order valence-electron chi connectivity index (χ1n) is 5.87. The molecule has 2 rings (SSSR count). The number of hydrogen-bond donors (Lipinski definition) is 1. The van der Waals surface area contributed by atoms with Gasteiger partial charge in [-0.1, -0.05) is 11.6 Å². The maximum absolute atomic E-state index is 5.89. The molecule has 1 fully saturated rings. The number of aromatic nitrogens is 1. The molecule has 4 nitrogen and oxygen atoms in total. The standard InChI is InChI=1S/C12H18ClN3O/c1-16(7-9-3-2-4-17-8-9)12-6-10(14)5-11(13)15-12/h5-6,9H,2-4,7-8H2,1H3,(H2,14,15).